The van der Waals surface area contributed by atoms with Crippen molar-refractivity contribution in [2.75, 3.05) is 69.9 Å². The molecule has 5 N–H and O–H groups in total. The molecule has 0 bridgehead atoms. The smallest absolute Gasteiger partial charge is 0.231 e. The van der Waals surface area contributed by atoms with Gasteiger partial charge < -0.3 is 36.2 Å². The molecule has 4 heterocycles. The highest BCUT2D eigenvalue weighted by Crippen LogP contribution is 2.33. The van der Waals surface area contributed by atoms with Gasteiger partial charge in [-0.25, -0.2) is 0 Å². The van der Waals surface area contributed by atoms with Crippen LogP contribution in [0.3, 0.4) is 0 Å². The van der Waals surface area contributed by atoms with Gasteiger partial charge in [-0.1, -0.05) is 0 Å². The van der Waals surface area contributed by atoms with Crippen molar-refractivity contribution in [3.8, 4) is 0 Å². The number of nitrogens with two attached hydrogens (primary N) is 2. The number of carbonyl (C=O) groups is 2. The number of ether oxygens (including phenoxy) is 1. The number of carbonyl (C=O) groups excluding carboxylic acids is 2. The zero-order chi connectivity index (χ0) is 20.5. The molecule has 1 aromatic heterocycles. The molecule has 0 amide bonds. The molecule has 0 radical (unpaired) electrons. The Labute approximate surface area is 167 Å². The Morgan fingerprint density at radius 3 is 2.00 bits per heavy atom. The van der Waals surface area contributed by atoms with Crippen LogP contribution < -0.4 is 16.8 Å². The Morgan fingerprint density at radius 2 is 1.48 bits per heavy atom. The zero-order valence-corrected chi connectivity index (χ0v) is 16.1. The van der Waals surface area contributed by atoms with E-state index in [2.05, 4.69) is 20.3 Å². The van der Waals surface area contributed by atoms with E-state index in [1.54, 1.807) is 7.11 Å². The minimum atomic E-state index is 0.00546. The molecule has 3 fully saturated rings. The number of ketones is 2. The van der Waals surface area contributed by atoms with Crippen molar-refractivity contribution in [3.05, 3.63) is 23.2 Å². The van der Waals surface area contributed by atoms with Crippen LogP contribution in [0.5, 0.6) is 0 Å². The predicted molar refractivity (Wildman–Crippen MR) is 104 cm³/mol. The molecule has 3 saturated heterocycles. The second-order valence-corrected chi connectivity index (χ2v) is 6.87. The quantitative estimate of drug-likeness (QED) is 0.281. The van der Waals surface area contributed by atoms with Crippen LogP contribution in [0, 0.1) is 0 Å². The third-order valence-electron chi connectivity index (χ3n) is 4.53. The standard InChI is InChI=1S/C12H13N3O2.C5H10N6O/c16-9-7-8(13-1-2-13)12(17)11(15-5-6-15)10(9)14-3-4-14;1-12-2-8-5-10-3(6)9-4(7)11-5/h7H,1-6H2;2H2,1H3,(H5,6,7,8,9,10,11). The first-order valence-electron chi connectivity index (χ1n) is 9.27. The van der Waals surface area contributed by atoms with Gasteiger partial charge in [-0.15, -0.1) is 0 Å². The molecule has 12 nitrogen and oxygen atoms in total. The highest BCUT2D eigenvalue weighted by atomic mass is 16.5. The van der Waals surface area contributed by atoms with Gasteiger partial charge in [-0.3, -0.25) is 9.59 Å². The summed E-state index contributed by atoms with van der Waals surface area (Å²) in [6.07, 6.45) is 1.52. The summed E-state index contributed by atoms with van der Waals surface area (Å²) in [4.78, 5) is 41.6. The van der Waals surface area contributed by atoms with Gasteiger partial charge in [0.1, 0.15) is 18.1 Å². The molecule has 0 unspecified atom stereocenters. The molecule has 1 aromatic rings. The third-order valence-corrected chi connectivity index (χ3v) is 4.53. The summed E-state index contributed by atoms with van der Waals surface area (Å²) < 4.78 is 4.73. The Kier molecular flexibility index (Phi) is 4.92. The average Bonchev–Trinajstić information content (AvgIpc) is 3.54. The monoisotopic (exact) mass is 401 g/mol. The summed E-state index contributed by atoms with van der Waals surface area (Å²) in [5.74, 6) is 0.524. The maximum Gasteiger partial charge on any atom is 0.231 e. The number of hydrogen-bond donors (Lipinski definition) is 3. The largest absolute Gasteiger partial charge is 0.368 e. The zero-order valence-electron chi connectivity index (χ0n) is 16.1. The lowest BCUT2D eigenvalue weighted by Crippen LogP contribution is -2.29. The van der Waals surface area contributed by atoms with Crippen LogP contribution in [0.25, 0.3) is 0 Å². The lowest BCUT2D eigenvalue weighted by molar-refractivity contribution is -0.117. The topological polar surface area (TPSA) is 155 Å². The molecular weight excluding hydrogens is 378 g/mol. The lowest BCUT2D eigenvalue weighted by atomic mass is 10.0. The Morgan fingerprint density at radius 1 is 0.931 bits per heavy atom. The summed E-state index contributed by atoms with van der Waals surface area (Å²) in [5, 5.41) is 2.73. The molecule has 1 aliphatic carbocycles. The van der Waals surface area contributed by atoms with Crippen LogP contribution in [0.1, 0.15) is 0 Å². The van der Waals surface area contributed by atoms with E-state index in [1.807, 2.05) is 14.7 Å². The maximum atomic E-state index is 12.4. The average molecular weight is 401 g/mol. The molecule has 12 heteroatoms. The van der Waals surface area contributed by atoms with E-state index in [0.29, 0.717) is 29.8 Å². The van der Waals surface area contributed by atoms with Crippen LogP contribution >= 0.6 is 0 Å². The van der Waals surface area contributed by atoms with Crippen molar-refractivity contribution in [2.24, 2.45) is 0 Å². The molecule has 4 aliphatic rings. The van der Waals surface area contributed by atoms with Crippen LogP contribution in [0.2, 0.25) is 0 Å². The molecule has 5 rings (SSSR count). The highest BCUT2D eigenvalue weighted by molar-refractivity contribution is 6.22. The van der Waals surface area contributed by atoms with E-state index in [4.69, 9.17) is 16.2 Å². The first-order valence-corrected chi connectivity index (χ1v) is 9.27. The normalized spacial score (nSPS) is 19.6. The van der Waals surface area contributed by atoms with E-state index in [9.17, 15) is 9.59 Å². The second kappa shape index (κ2) is 7.54. The molecule has 0 saturated carbocycles. The fraction of sp³-hybridized carbons (Fsp3) is 0.471. The summed E-state index contributed by atoms with van der Waals surface area (Å²) in [6, 6.07) is 0. The van der Waals surface area contributed by atoms with Crippen LogP contribution in [-0.4, -0.2) is 94.3 Å². The number of rotatable bonds is 6. The number of allylic oxidation sites excluding steroid dienone is 1. The van der Waals surface area contributed by atoms with Gasteiger partial charge in [-0.2, -0.15) is 15.0 Å². The summed E-state index contributed by atoms with van der Waals surface area (Å²) in [6.45, 7) is 5.70. The third kappa shape index (κ3) is 4.37. The minimum absolute atomic E-state index is 0.00546. The van der Waals surface area contributed by atoms with Gasteiger partial charge in [0.25, 0.3) is 0 Å². The van der Waals surface area contributed by atoms with Gasteiger partial charge in [0, 0.05) is 52.5 Å². The number of nitrogens with one attached hydrogen (secondary N) is 1. The SMILES string of the molecule is COCNc1nc(N)nc(N)n1.O=C1C=C(N2CC2)C(=O)C(N2CC2)=C1N1CC1. The molecule has 154 valence electrons. The van der Waals surface area contributed by atoms with E-state index in [-0.39, 0.29) is 23.5 Å². The summed E-state index contributed by atoms with van der Waals surface area (Å²) >= 11 is 0. The van der Waals surface area contributed by atoms with E-state index in [1.165, 1.54) is 6.08 Å². The Hall–Kier alpha value is -3.41. The van der Waals surface area contributed by atoms with Gasteiger partial charge in [0.05, 0.1) is 5.70 Å². The molecule has 3 aliphatic heterocycles. The molecule has 29 heavy (non-hydrogen) atoms. The number of hydrogen-bond acceptors (Lipinski definition) is 12. The van der Waals surface area contributed by atoms with Crippen molar-refractivity contribution in [3.63, 3.8) is 0 Å². The van der Waals surface area contributed by atoms with Crippen LogP contribution in [0.15, 0.2) is 23.2 Å². The number of methoxy groups -OCH3 is 1. The van der Waals surface area contributed by atoms with E-state index < -0.39 is 0 Å². The van der Waals surface area contributed by atoms with Gasteiger partial charge in [0.2, 0.25) is 29.4 Å². The van der Waals surface area contributed by atoms with Crippen molar-refractivity contribution in [1.29, 1.82) is 0 Å². The van der Waals surface area contributed by atoms with Crippen molar-refractivity contribution in [2.45, 2.75) is 0 Å². The number of anilines is 3. The van der Waals surface area contributed by atoms with E-state index >= 15 is 0 Å². The van der Waals surface area contributed by atoms with Gasteiger partial charge in [0.15, 0.2) is 0 Å². The van der Waals surface area contributed by atoms with Gasteiger partial charge >= 0.3 is 0 Å². The van der Waals surface area contributed by atoms with Crippen LogP contribution in [0.4, 0.5) is 17.8 Å². The van der Waals surface area contributed by atoms with Crippen LogP contribution in [-0.2, 0) is 14.3 Å². The van der Waals surface area contributed by atoms with Crippen molar-refractivity contribution in [1.82, 2.24) is 29.7 Å². The lowest BCUT2D eigenvalue weighted by Gasteiger charge is -2.21. The van der Waals surface area contributed by atoms with Crippen molar-refractivity contribution < 1.29 is 14.3 Å². The Balaban J connectivity index is 0.000000152. The first kappa shape index (κ1) is 18.9. The Bertz CT molecular complexity index is 881. The fourth-order valence-electron chi connectivity index (χ4n) is 2.90. The first-order chi connectivity index (χ1) is 14.0. The number of Topliss-reactive ketones (excluding diaryl/α,β-unsaturated/α-hetero) is 1. The van der Waals surface area contributed by atoms with E-state index in [0.717, 1.165) is 39.3 Å². The fourth-order valence-corrected chi connectivity index (χ4v) is 2.90. The molecule has 0 aromatic carbocycles. The second-order valence-electron chi connectivity index (χ2n) is 6.87. The molecular formula is C17H23N9O3. The highest BCUT2D eigenvalue weighted by Gasteiger charge is 2.43. The number of nitrogen functional groups attached to an aromatic ring is 2. The minimum Gasteiger partial charge on any atom is -0.368 e. The summed E-state index contributed by atoms with van der Waals surface area (Å²) in [5.41, 5.74) is 12.5. The van der Waals surface area contributed by atoms with Gasteiger partial charge in [-0.05, 0) is 0 Å². The van der Waals surface area contributed by atoms with Crippen molar-refractivity contribution >= 4 is 29.4 Å². The molecule has 0 spiro atoms. The summed E-state index contributed by atoms with van der Waals surface area (Å²) in [7, 11) is 1.54. The number of aromatic nitrogens is 3. The maximum absolute atomic E-state index is 12.4. The molecule has 0 atom stereocenters. The number of nitrogens with zero attached hydrogens (tertiary/aromatic N) is 6. The predicted octanol–water partition coefficient (Wildman–Crippen LogP) is -1.77.